The number of amides is 3. The lowest BCUT2D eigenvalue weighted by Crippen LogP contribution is -2.51. The Morgan fingerprint density at radius 2 is 1.74 bits per heavy atom. The summed E-state index contributed by atoms with van der Waals surface area (Å²) in [6, 6.07) is 1.15. The van der Waals surface area contributed by atoms with Crippen LogP contribution in [0.15, 0.2) is 12.2 Å². The Labute approximate surface area is 183 Å². The van der Waals surface area contributed by atoms with E-state index in [0.717, 1.165) is 24.2 Å². The highest BCUT2D eigenvalue weighted by Crippen LogP contribution is 2.37. The zero-order valence-electron chi connectivity index (χ0n) is 18.3. The van der Waals surface area contributed by atoms with Crippen LogP contribution >= 0.6 is 0 Å². The van der Waals surface area contributed by atoms with Crippen molar-refractivity contribution in [2.24, 2.45) is 17.8 Å². The minimum atomic E-state index is -1.04. The Kier molecular flexibility index (Phi) is 7.14. The summed E-state index contributed by atoms with van der Waals surface area (Å²) in [6.07, 6.45) is 8.95. The molecule has 0 aromatic rings. The Bertz CT molecular complexity index is 781. The van der Waals surface area contributed by atoms with Crippen LogP contribution in [0.1, 0.15) is 65.2 Å². The van der Waals surface area contributed by atoms with E-state index in [1.165, 1.54) is 0 Å². The third-order valence-electron chi connectivity index (χ3n) is 6.47. The van der Waals surface area contributed by atoms with Gasteiger partial charge in [0.1, 0.15) is 11.6 Å². The van der Waals surface area contributed by atoms with Gasteiger partial charge in [-0.2, -0.15) is 5.26 Å². The second-order valence-corrected chi connectivity index (χ2v) is 9.26. The van der Waals surface area contributed by atoms with Gasteiger partial charge in [-0.25, -0.2) is 4.79 Å². The first-order valence-electron chi connectivity index (χ1n) is 11.2. The van der Waals surface area contributed by atoms with Gasteiger partial charge in [-0.15, -0.1) is 0 Å². The van der Waals surface area contributed by atoms with Crippen LogP contribution < -0.4 is 5.32 Å². The number of fused-ring (bicyclic) bond motifs is 1. The van der Waals surface area contributed by atoms with Gasteiger partial charge in [0, 0.05) is 0 Å². The molecule has 0 aromatic heterocycles. The molecule has 2 aliphatic carbocycles. The standard InChI is InChI=1S/C23H31N3O5/c1-15(2)12-18(26-20(28)16-8-4-5-9-17(16)21(26)29)22(30)31-13-19(27)25-23(14-24)10-6-3-7-11-23/h4-5,15-18H,3,6-13H2,1-2H3,(H,25,27)/t16-,17+,18-/m0/s1. The Morgan fingerprint density at radius 3 is 2.26 bits per heavy atom. The number of hydrogen-bond donors (Lipinski definition) is 1. The highest BCUT2D eigenvalue weighted by atomic mass is 16.5. The zero-order chi connectivity index (χ0) is 22.6. The molecule has 2 fully saturated rings. The average Bonchev–Trinajstić information content (AvgIpc) is 3.01. The number of ether oxygens (including phenoxy) is 1. The zero-order valence-corrected chi connectivity index (χ0v) is 18.3. The van der Waals surface area contributed by atoms with Gasteiger partial charge in [0.2, 0.25) is 11.8 Å². The number of esters is 1. The number of likely N-dealkylation sites (tertiary alicyclic amines) is 1. The fourth-order valence-corrected chi connectivity index (χ4v) is 4.84. The molecule has 3 atom stereocenters. The normalized spacial score (nSPS) is 25.7. The lowest BCUT2D eigenvalue weighted by Gasteiger charge is -2.31. The quantitative estimate of drug-likeness (QED) is 0.377. The van der Waals surface area contributed by atoms with Crippen molar-refractivity contribution in [3.05, 3.63) is 12.2 Å². The first-order valence-corrected chi connectivity index (χ1v) is 11.2. The van der Waals surface area contributed by atoms with E-state index in [2.05, 4.69) is 11.4 Å². The van der Waals surface area contributed by atoms with Gasteiger partial charge in [-0.3, -0.25) is 19.3 Å². The molecule has 0 bridgehead atoms. The number of carbonyl (C=O) groups is 4. The van der Waals surface area contributed by atoms with Crippen LogP contribution in [0, 0.1) is 29.1 Å². The van der Waals surface area contributed by atoms with Crippen LogP contribution in [0.4, 0.5) is 0 Å². The number of allylic oxidation sites excluding steroid dienone is 2. The van der Waals surface area contributed by atoms with Crippen LogP contribution in [-0.4, -0.2) is 46.8 Å². The molecule has 1 aliphatic heterocycles. The maximum atomic E-state index is 12.9. The highest BCUT2D eigenvalue weighted by molar-refractivity contribution is 6.08. The molecule has 0 spiro atoms. The predicted molar refractivity (Wildman–Crippen MR) is 111 cm³/mol. The molecular weight excluding hydrogens is 398 g/mol. The van der Waals surface area contributed by atoms with Crippen molar-refractivity contribution in [1.29, 1.82) is 5.26 Å². The summed E-state index contributed by atoms with van der Waals surface area (Å²) >= 11 is 0. The topological polar surface area (TPSA) is 117 Å². The molecule has 1 saturated carbocycles. The third-order valence-corrected chi connectivity index (χ3v) is 6.47. The van der Waals surface area contributed by atoms with Gasteiger partial charge >= 0.3 is 5.97 Å². The van der Waals surface area contributed by atoms with E-state index < -0.39 is 41.9 Å². The minimum Gasteiger partial charge on any atom is -0.454 e. The van der Waals surface area contributed by atoms with Gasteiger partial charge in [-0.1, -0.05) is 45.3 Å². The van der Waals surface area contributed by atoms with Crippen molar-refractivity contribution in [2.75, 3.05) is 6.61 Å². The number of nitrogens with one attached hydrogen (secondary N) is 1. The summed E-state index contributed by atoms with van der Waals surface area (Å²) in [7, 11) is 0. The summed E-state index contributed by atoms with van der Waals surface area (Å²) in [5.74, 6) is -2.79. The average molecular weight is 430 g/mol. The number of nitrogens with zero attached hydrogens (tertiary/aromatic N) is 2. The molecule has 31 heavy (non-hydrogen) atoms. The summed E-state index contributed by atoms with van der Waals surface area (Å²) in [5, 5.41) is 12.2. The number of hydrogen-bond acceptors (Lipinski definition) is 6. The monoisotopic (exact) mass is 429 g/mol. The molecule has 1 saturated heterocycles. The van der Waals surface area contributed by atoms with Crippen molar-refractivity contribution in [2.45, 2.75) is 76.8 Å². The molecule has 168 valence electrons. The summed E-state index contributed by atoms with van der Waals surface area (Å²) in [6.45, 7) is 3.25. The van der Waals surface area contributed by atoms with Crippen LogP contribution in [-0.2, 0) is 23.9 Å². The molecule has 8 nitrogen and oxygen atoms in total. The maximum Gasteiger partial charge on any atom is 0.329 e. The van der Waals surface area contributed by atoms with Gasteiger partial charge < -0.3 is 10.1 Å². The van der Waals surface area contributed by atoms with Crippen LogP contribution in [0.2, 0.25) is 0 Å². The second-order valence-electron chi connectivity index (χ2n) is 9.26. The van der Waals surface area contributed by atoms with Crippen molar-refractivity contribution in [3.63, 3.8) is 0 Å². The molecule has 3 aliphatic rings. The molecule has 1 heterocycles. The molecule has 0 aromatic carbocycles. The first kappa shape index (κ1) is 23.0. The van der Waals surface area contributed by atoms with E-state index in [0.29, 0.717) is 25.7 Å². The van der Waals surface area contributed by atoms with Gasteiger partial charge in [0.05, 0.1) is 17.9 Å². The van der Waals surface area contributed by atoms with Crippen molar-refractivity contribution in [1.82, 2.24) is 10.2 Å². The Balaban J connectivity index is 1.65. The fourth-order valence-electron chi connectivity index (χ4n) is 4.84. The maximum absolute atomic E-state index is 12.9. The number of nitriles is 1. The number of carbonyl (C=O) groups excluding carboxylic acids is 4. The first-order chi connectivity index (χ1) is 14.8. The van der Waals surface area contributed by atoms with Crippen molar-refractivity contribution < 1.29 is 23.9 Å². The highest BCUT2D eigenvalue weighted by Gasteiger charge is 2.51. The molecule has 3 rings (SSSR count). The van der Waals surface area contributed by atoms with Gasteiger partial charge in [0.25, 0.3) is 5.91 Å². The summed E-state index contributed by atoms with van der Waals surface area (Å²) in [5.41, 5.74) is -0.914. The molecular formula is C23H31N3O5. The van der Waals surface area contributed by atoms with Crippen LogP contribution in [0.5, 0.6) is 0 Å². The molecule has 0 radical (unpaired) electrons. The third kappa shape index (κ3) is 4.97. The van der Waals surface area contributed by atoms with E-state index in [9.17, 15) is 24.4 Å². The number of imide groups is 1. The molecule has 0 unspecified atom stereocenters. The smallest absolute Gasteiger partial charge is 0.329 e. The minimum absolute atomic E-state index is 0.0387. The Hall–Kier alpha value is -2.69. The van der Waals surface area contributed by atoms with Crippen molar-refractivity contribution >= 4 is 23.7 Å². The predicted octanol–water partition coefficient (Wildman–Crippen LogP) is 2.24. The molecule has 8 heteroatoms. The van der Waals surface area contributed by atoms with E-state index >= 15 is 0 Å². The van der Waals surface area contributed by atoms with Gasteiger partial charge in [-0.05, 0) is 38.0 Å². The van der Waals surface area contributed by atoms with E-state index in [4.69, 9.17) is 4.74 Å². The summed E-state index contributed by atoms with van der Waals surface area (Å²) in [4.78, 5) is 52.1. The van der Waals surface area contributed by atoms with E-state index in [-0.39, 0.29) is 24.2 Å². The van der Waals surface area contributed by atoms with Crippen LogP contribution in [0.3, 0.4) is 0 Å². The Morgan fingerprint density at radius 1 is 1.16 bits per heavy atom. The number of rotatable bonds is 7. The fraction of sp³-hybridized carbons (Fsp3) is 0.696. The molecule has 1 N–H and O–H groups in total. The molecule has 3 amide bonds. The van der Waals surface area contributed by atoms with Crippen LogP contribution in [0.25, 0.3) is 0 Å². The lowest BCUT2D eigenvalue weighted by molar-refractivity contribution is -0.161. The summed E-state index contributed by atoms with van der Waals surface area (Å²) < 4.78 is 5.24. The van der Waals surface area contributed by atoms with Crippen molar-refractivity contribution in [3.8, 4) is 6.07 Å². The largest absolute Gasteiger partial charge is 0.454 e. The van der Waals surface area contributed by atoms with Gasteiger partial charge in [0.15, 0.2) is 6.61 Å². The van der Waals surface area contributed by atoms with E-state index in [1.54, 1.807) is 0 Å². The second kappa shape index (κ2) is 9.63. The van der Waals surface area contributed by atoms with E-state index in [1.807, 2.05) is 26.0 Å². The lowest BCUT2D eigenvalue weighted by atomic mass is 9.83. The SMILES string of the molecule is CC(C)C[C@@H](C(=O)OCC(=O)NC1(C#N)CCCCC1)N1C(=O)[C@H]2CC=CC[C@H]2C1=O.